The lowest BCUT2D eigenvalue weighted by Gasteiger charge is -2.23. The number of rotatable bonds is 4. The molecule has 0 aromatic carbocycles. The van der Waals surface area contributed by atoms with Gasteiger partial charge in [0.1, 0.15) is 0 Å². The van der Waals surface area contributed by atoms with Crippen molar-refractivity contribution in [2.45, 2.75) is 18.9 Å². The van der Waals surface area contributed by atoms with E-state index in [1.807, 2.05) is 18.3 Å². The maximum Gasteiger partial charge on any atom is 0.0976 e. The third-order valence-electron chi connectivity index (χ3n) is 3.11. The highest BCUT2D eigenvalue weighted by molar-refractivity contribution is 7.09. The van der Waals surface area contributed by atoms with Gasteiger partial charge in [0.25, 0.3) is 0 Å². The minimum Gasteiger partial charge on any atom is -0.376 e. The van der Waals surface area contributed by atoms with Crippen molar-refractivity contribution in [3.63, 3.8) is 0 Å². The van der Waals surface area contributed by atoms with E-state index in [0.29, 0.717) is 6.10 Å². The lowest BCUT2D eigenvalue weighted by molar-refractivity contribution is 0.0238. The Morgan fingerprint density at radius 3 is 3.28 bits per heavy atom. The number of ether oxygens (including phenoxy) is 1. The molecule has 0 bridgehead atoms. The molecule has 2 aromatic heterocycles. The van der Waals surface area contributed by atoms with E-state index in [2.05, 4.69) is 20.7 Å². The smallest absolute Gasteiger partial charge is 0.0976 e. The Balaban J connectivity index is 1.57. The molecule has 3 rings (SSSR count). The molecule has 1 atom stereocenters. The van der Waals surface area contributed by atoms with E-state index < -0.39 is 0 Å². The molecule has 1 saturated heterocycles. The van der Waals surface area contributed by atoms with Crippen LogP contribution >= 0.6 is 11.3 Å². The molecular formula is C13H17N3OS. The van der Waals surface area contributed by atoms with Crippen LogP contribution in [0.5, 0.6) is 0 Å². The molecular weight excluding hydrogens is 246 g/mol. The monoisotopic (exact) mass is 263 g/mol. The largest absolute Gasteiger partial charge is 0.376 e. The van der Waals surface area contributed by atoms with E-state index >= 15 is 0 Å². The van der Waals surface area contributed by atoms with Crippen molar-refractivity contribution in [1.82, 2.24) is 15.3 Å². The molecule has 0 amide bonds. The van der Waals surface area contributed by atoms with E-state index in [1.54, 1.807) is 11.3 Å². The fourth-order valence-corrected chi connectivity index (χ4v) is 2.94. The number of morpholine rings is 1. The quantitative estimate of drug-likeness (QED) is 0.887. The summed E-state index contributed by atoms with van der Waals surface area (Å²) in [4.78, 5) is 7.83. The van der Waals surface area contributed by atoms with Gasteiger partial charge >= 0.3 is 0 Å². The van der Waals surface area contributed by atoms with Crippen molar-refractivity contribution in [2.75, 3.05) is 19.7 Å². The molecule has 0 saturated carbocycles. The van der Waals surface area contributed by atoms with Crippen molar-refractivity contribution in [3.05, 3.63) is 28.7 Å². The summed E-state index contributed by atoms with van der Waals surface area (Å²) in [5.41, 5.74) is 2.13. The molecule has 5 heteroatoms. The van der Waals surface area contributed by atoms with Crippen LogP contribution in [0.2, 0.25) is 0 Å². The first-order valence-corrected chi connectivity index (χ1v) is 7.20. The predicted octanol–water partition coefficient (Wildman–Crippen LogP) is 2.06. The SMILES string of the molecule is c1c[nH]c(-c2csc(CCC3CNCCO3)n2)c1. The molecule has 2 aromatic rings. The zero-order valence-corrected chi connectivity index (χ0v) is 11.0. The average Bonchev–Trinajstić information content (AvgIpc) is 3.08. The van der Waals surface area contributed by atoms with Crippen LogP contribution in [0.25, 0.3) is 11.4 Å². The minimum absolute atomic E-state index is 0.344. The van der Waals surface area contributed by atoms with Crippen molar-refractivity contribution >= 4 is 11.3 Å². The second-order valence-corrected chi connectivity index (χ2v) is 5.39. The maximum atomic E-state index is 5.69. The molecule has 1 unspecified atom stereocenters. The number of nitrogens with zero attached hydrogens (tertiary/aromatic N) is 1. The summed E-state index contributed by atoms with van der Waals surface area (Å²) in [7, 11) is 0. The minimum atomic E-state index is 0.344. The molecule has 4 nitrogen and oxygen atoms in total. The van der Waals surface area contributed by atoms with Crippen molar-refractivity contribution in [2.24, 2.45) is 0 Å². The van der Waals surface area contributed by atoms with Gasteiger partial charge in [-0.1, -0.05) is 0 Å². The van der Waals surface area contributed by atoms with E-state index in [4.69, 9.17) is 4.74 Å². The standard InChI is InChI=1S/C13H17N3OS/c1-2-11(15-5-1)12-9-18-13(16-12)4-3-10-8-14-6-7-17-10/h1-2,5,9-10,14-15H,3-4,6-8H2. The summed E-state index contributed by atoms with van der Waals surface area (Å²) in [6.07, 6.45) is 4.31. The summed E-state index contributed by atoms with van der Waals surface area (Å²) < 4.78 is 5.69. The number of aromatic nitrogens is 2. The predicted molar refractivity (Wildman–Crippen MR) is 72.8 cm³/mol. The number of thiazole rings is 1. The Bertz CT molecular complexity index is 474. The van der Waals surface area contributed by atoms with Gasteiger partial charge in [0.05, 0.1) is 29.1 Å². The molecule has 3 heterocycles. The number of aromatic amines is 1. The first-order chi connectivity index (χ1) is 8.92. The molecule has 18 heavy (non-hydrogen) atoms. The number of aryl methyl sites for hydroxylation is 1. The second-order valence-electron chi connectivity index (χ2n) is 4.45. The van der Waals surface area contributed by atoms with Crippen molar-refractivity contribution in [1.29, 1.82) is 0 Å². The number of nitrogens with one attached hydrogen (secondary N) is 2. The number of hydrogen-bond donors (Lipinski definition) is 2. The fourth-order valence-electron chi connectivity index (χ4n) is 2.13. The van der Waals surface area contributed by atoms with Crippen LogP contribution in [-0.2, 0) is 11.2 Å². The lowest BCUT2D eigenvalue weighted by atomic mass is 10.2. The molecule has 0 aliphatic carbocycles. The molecule has 1 fully saturated rings. The molecule has 0 spiro atoms. The molecule has 1 aliphatic heterocycles. The summed E-state index contributed by atoms with van der Waals surface area (Å²) in [5, 5.41) is 6.65. The summed E-state index contributed by atoms with van der Waals surface area (Å²) >= 11 is 1.73. The topological polar surface area (TPSA) is 49.9 Å². The van der Waals surface area contributed by atoms with Gasteiger partial charge in [0, 0.05) is 31.1 Å². The molecule has 1 aliphatic rings. The first kappa shape index (κ1) is 11.9. The number of hydrogen-bond acceptors (Lipinski definition) is 4. The maximum absolute atomic E-state index is 5.69. The second kappa shape index (κ2) is 5.65. The average molecular weight is 263 g/mol. The number of H-pyrrole nitrogens is 1. The van der Waals surface area contributed by atoms with E-state index in [-0.39, 0.29) is 0 Å². The van der Waals surface area contributed by atoms with Crippen LogP contribution in [0.4, 0.5) is 0 Å². The van der Waals surface area contributed by atoms with Crippen LogP contribution in [0.15, 0.2) is 23.7 Å². The highest BCUT2D eigenvalue weighted by atomic mass is 32.1. The van der Waals surface area contributed by atoms with Crippen molar-refractivity contribution in [3.8, 4) is 11.4 Å². The summed E-state index contributed by atoms with van der Waals surface area (Å²) in [6.45, 7) is 2.77. The van der Waals surface area contributed by atoms with Crippen LogP contribution in [0.1, 0.15) is 11.4 Å². The van der Waals surface area contributed by atoms with Gasteiger partial charge in [-0.25, -0.2) is 4.98 Å². The molecule has 0 radical (unpaired) electrons. The lowest BCUT2D eigenvalue weighted by Crippen LogP contribution is -2.38. The zero-order valence-electron chi connectivity index (χ0n) is 10.2. The van der Waals surface area contributed by atoms with Crippen LogP contribution in [-0.4, -0.2) is 35.8 Å². The van der Waals surface area contributed by atoms with Gasteiger partial charge in [0.2, 0.25) is 0 Å². The van der Waals surface area contributed by atoms with E-state index in [1.165, 1.54) is 5.01 Å². The normalized spacial score (nSPS) is 20.1. The van der Waals surface area contributed by atoms with Crippen molar-refractivity contribution < 1.29 is 4.74 Å². The van der Waals surface area contributed by atoms with Crippen LogP contribution in [0.3, 0.4) is 0 Å². The van der Waals surface area contributed by atoms with Gasteiger partial charge in [-0.05, 0) is 18.6 Å². The van der Waals surface area contributed by atoms with Crippen LogP contribution in [0, 0.1) is 0 Å². The highest BCUT2D eigenvalue weighted by Crippen LogP contribution is 2.21. The Hall–Kier alpha value is -1.17. The molecule has 2 N–H and O–H groups in total. The Morgan fingerprint density at radius 1 is 1.50 bits per heavy atom. The highest BCUT2D eigenvalue weighted by Gasteiger charge is 2.14. The van der Waals surface area contributed by atoms with Gasteiger partial charge < -0.3 is 15.0 Å². The Kier molecular flexibility index (Phi) is 3.73. The summed E-state index contributed by atoms with van der Waals surface area (Å²) in [6, 6.07) is 4.04. The van der Waals surface area contributed by atoms with E-state index in [9.17, 15) is 0 Å². The van der Waals surface area contributed by atoms with Gasteiger partial charge in [0.15, 0.2) is 0 Å². The summed E-state index contributed by atoms with van der Waals surface area (Å²) in [5.74, 6) is 0. The molecule has 96 valence electrons. The third-order valence-corrected chi connectivity index (χ3v) is 4.02. The third kappa shape index (κ3) is 2.80. The first-order valence-electron chi connectivity index (χ1n) is 6.32. The van der Waals surface area contributed by atoms with Crippen LogP contribution < -0.4 is 5.32 Å². The van der Waals surface area contributed by atoms with E-state index in [0.717, 1.165) is 43.9 Å². The van der Waals surface area contributed by atoms with Gasteiger partial charge in [-0.3, -0.25) is 0 Å². The Morgan fingerprint density at radius 2 is 2.50 bits per heavy atom. The zero-order chi connectivity index (χ0) is 12.2. The van der Waals surface area contributed by atoms with Gasteiger partial charge in [-0.15, -0.1) is 11.3 Å². The fraction of sp³-hybridized carbons (Fsp3) is 0.462. The van der Waals surface area contributed by atoms with Gasteiger partial charge in [-0.2, -0.15) is 0 Å². The Labute approximate surface area is 110 Å².